The lowest BCUT2D eigenvalue weighted by Gasteiger charge is -2.25. The molecular formula is C19H35N5O6S2. The Kier molecular flexibility index (Phi) is 14.8. The van der Waals surface area contributed by atoms with Gasteiger partial charge in [0, 0.05) is 12.2 Å². The predicted molar refractivity (Wildman–Crippen MR) is 126 cm³/mol. The van der Waals surface area contributed by atoms with Crippen LogP contribution in [0.4, 0.5) is 0 Å². The number of rotatable bonds is 16. The summed E-state index contributed by atoms with van der Waals surface area (Å²) in [4.78, 5) is 59.9. The molecule has 32 heavy (non-hydrogen) atoms. The first-order chi connectivity index (χ1) is 14.9. The number of carboxylic acids is 1. The van der Waals surface area contributed by atoms with Crippen LogP contribution in [-0.4, -0.2) is 76.6 Å². The van der Waals surface area contributed by atoms with E-state index in [1.807, 2.05) is 20.1 Å². The quantitative estimate of drug-likeness (QED) is 0.131. The van der Waals surface area contributed by atoms with Gasteiger partial charge in [-0.1, -0.05) is 13.8 Å². The molecule has 0 aromatic carbocycles. The van der Waals surface area contributed by atoms with Crippen molar-refractivity contribution in [1.82, 2.24) is 16.0 Å². The summed E-state index contributed by atoms with van der Waals surface area (Å²) in [7, 11) is 0. The molecule has 0 heterocycles. The van der Waals surface area contributed by atoms with Crippen LogP contribution >= 0.6 is 24.4 Å². The Balaban J connectivity index is 5.18. The summed E-state index contributed by atoms with van der Waals surface area (Å²) < 4.78 is 0. The highest BCUT2D eigenvalue weighted by Crippen LogP contribution is 2.07. The minimum absolute atomic E-state index is 0.0270. The zero-order valence-electron chi connectivity index (χ0n) is 18.6. The van der Waals surface area contributed by atoms with E-state index >= 15 is 0 Å². The van der Waals surface area contributed by atoms with E-state index < -0.39 is 53.8 Å². The Morgan fingerprint density at radius 1 is 0.938 bits per heavy atom. The fourth-order valence-electron chi connectivity index (χ4n) is 2.64. The standard InChI is InChI=1S/C19H35N5O6S2/c1-10(2)8-13(23-16(26)11(20)4-5-15(21)25)17(27)24-14(9-31)18(28)22-12(19(29)30)6-7-32-3/h10-14,31H,4-9,20H2,1-3H3,(H2,21,25)(H,22,28)(H,23,26)(H,24,27)(H,29,30). The monoisotopic (exact) mass is 493 g/mol. The Morgan fingerprint density at radius 2 is 1.47 bits per heavy atom. The predicted octanol–water partition coefficient (Wildman–Crippen LogP) is -1.15. The summed E-state index contributed by atoms with van der Waals surface area (Å²) in [5.74, 6) is -3.22. The second-order valence-corrected chi connectivity index (χ2v) is 9.08. The molecule has 13 heteroatoms. The second-order valence-electron chi connectivity index (χ2n) is 7.73. The molecule has 0 saturated heterocycles. The number of nitrogens with one attached hydrogen (secondary N) is 3. The summed E-state index contributed by atoms with van der Waals surface area (Å²) >= 11 is 5.53. The number of thiol groups is 1. The van der Waals surface area contributed by atoms with Gasteiger partial charge in [0.1, 0.15) is 18.1 Å². The van der Waals surface area contributed by atoms with Gasteiger partial charge in [0.05, 0.1) is 6.04 Å². The van der Waals surface area contributed by atoms with Gasteiger partial charge >= 0.3 is 5.97 Å². The van der Waals surface area contributed by atoms with E-state index in [2.05, 4.69) is 28.6 Å². The minimum Gasteiger partial charge on any atom is -0.480 e. The average molecular weight is 494 g/mol. The van der Waals surface area contributed by atoms with E-state index in [0.29, 0.717) is 5.75 Å². The molecule has 11 nitrogen and oxygen atoms in total. The smallest absolute Gasteiger partial charge is 0.326 e. The Hall–Kier alpha value is -1.99. The fourth-order valence-corrected chi connectivity index (χ4v) is 3.37. The van der Waals surface area contributed by atoms with Gasteiger partial charge in [0.25, 0.3) is 0 Å². The van der Waals surface area contributed by atoms with Crippen LogP contribution in [-0.2, 0) is 24.0 Å². The third-order valence-electron chi connectivity index (χ3n) is 4.42. The van der Waals surface area contributed by atoms with Crippen LogP contribution in [0.1, 0.15) is 39.5 Å². The van der Waals surface area contributed by atoms with Crippen molar-refractivity contribution in [2.75, 3.05) is 17.8 Å². The number of thioether (sulfide) groups is 1. The van der Waals surface area contributed by atoms with Crippen LogP contribution in [0, 0.1) is 5.92 Å². The molecular weight excluding hydrogens is 458 g/mol. The maximum Gasteiger partial charge on any atom is 0.326 e. The molecule has 0 aliphatic heterocycles. The van der Waals surface area contributed by atoms with Gasteiger partial charge in [-0.2, -0.15) is 24.4 Å². The van der Waals surface area contributed by atoms with Gasteiger partial charge in [-0.05, 0) is 37.2 Å². The van der Waals surface area contributed by atoms with Crippen LogP contribution in [0.25, 0.3) is 0 Å². The molecule has 184 valence electrons. The SMILES string of the molecule is CSCCC(NC(=O)C(CS)NC(=O)C(CC(C)C)NC(=O)C(N)CCC(N)=O)C(=O)O. The number of amides is 4. The lowest BCUT2D eigenvalue weighted by Crippen LogP contribution is -2.58. The van der Waals surface area contributed by atoms with Crippen LogP contribution in [0.2, 0.25) is 0 Å². The minimum atomic E-state index is -1.17. The summed E-state index contributed by atoms with van der Waals surface area (Å²) in [5.41, 5.74) is 10.8. The third kappa shape index (κ3) is 12.2. The van der Waals surface area contributed by atoms with E-state index in [1.165, 1.54) is 11.8 Å². The van der Waals surface area contributed by atoms with Crippen molar-refractivity contribution in [2.45, 2.75) is 63.7 Å². The zero-order valence-corrected chi connectivity index (χ0v) is 20.3. The van der Waals surface area contributed by atoms with E-state index in [4.69, 9.17) is 11.5 Å². The molecule has 0 radical (unpaired) electrons. The average Bonchev–Trinajstić information content (AvgIpc) is 2.71. The van der Waals surface area contributed by atoms with E-state index in [1.54, 1.807) is 0 Å². The Labute approximate surface area is 198 Å². The van der Waals surface area contributed by atoms with Gasteiger partial charge in [-0.25, -0.2) is 4.79 Å². The third-order valence-corrected chi connectivity index (χ3v) is 5.43. The summed E-state index contributed by atoms with van der Waals surface area (Å²) in [6, 6.07) is -4.20. The molecule has 4 atom stereocenters. The molecule has 0 aromatic rings. The highest BCUT2D eigenvalue weighted by Gasteiger charge is 2.30. The summed E-state index contributed by atoms with van der Waals surface area (Å²) in [5, 5.41) is 16.7. The number of hydrogen-bond donors (Lipinski definition) is 7. The molecule has 0 saturated carbocycles. The molecule has 4 unspecified atom stereocenters. The van der Waals surface area contributed by atoms with E-state index in [-0.39, 0.29) is 37.4 Å². The second kappa shape index (κ2) is 15.8. The van der Waals surface area contributed by atoms with Crippen molar-refractivity contribution in [3.63, 3.8) is 0 Å². The van der Waals surface area contributed by atoms with Crippen molar-refractivity contribution >= 4 is 54.0 Å². The van der Waals surface area contributed by atoms with Gasteiger partial charge in [-0.3, -0.25) is 19.2 Å². The normalized spacial score (nSPS) is 14.7. The zero-order chi connectivity index (χ0) is 24.8. The molecule has 0 aromatic heterocycles. The first kappa shape index (κ1) is 30.0. The lowest BCUT2D eigenvalue weighted by molar-refractivity contribution is -0.142. The molecule has 0 aliphatic rings. The number of hydrogen-bond acceptors (Lipinski definition) is 8. The van der Waals surface area contributed by atoms with Crippen molar-refractivity contribution in [3.05, 3.63) is 0 Å². The van der Waals surface area contributed by atoms with Crippen LogP contribution < -0.4 is 27.4 Å². The van der Waals surface area contributed by atoms with Crippen molar-refractivity contribution in [2.24, 2.45) is 17.4 Å². The molecule has 0 fully saturated rings. The van der Waals surface area contributed by atoms with Crippen molar-refractivity contribution in [3.8, 4) is 0 Å². The number of carbonyl (C=O) groups is 5. The highest BCUT2D eigenvalue weighted by molar-refractivity contribution is 7.98. The maximum absolute atomic E-state index is 12.8. The number of aliphatic carboxylic acids is 1. The number of carboxylic acid groups (broad SMARTS) is 1. The topological polar surface area (TPSA) is 194 Å². The van der Waals surface area contributed by atoms with Crippen molar-refractivity contribution in [1.29, 1.82) is 0 Å². The van der Waals surface area contributed by atoms with Crippen LogP contribution in [0.3, 0.4) is 0 Å². The largest absolute Gasteiger partial charge is 0.480 e. The molecule has 8 N–H and O–H groups in total. The molecule has 4 amide bonds. The van der Waals surface area contributed by atoms with Gasteiger partial charge in [0.2, 0.25) is 23.6 Å². The maximum atomic E-state index is 12.8. The Bertz CT molecular complexity index is 664. The van der Waals surface area contributed by atoms with Crippen molar-refractivity contribution < 1.29 is 29.1 Å². The Morgan fingerprint density at radius 3 is 1.94 bits per heavy atom. The molecule has 0 rings (SSSR count). The fraction of sp³-hybridized carbons (Fsp3) is 0.737. The molecule has 0 spiro atoms. The van der Waals surface area contributed by atoms with Gasteiger partial charge in [-0.15, -0.1) is 0 Å². The molecule has 0 aliphatic carbocycles. The van der Waals surface area contributed by atoms with E-state index in [0.717, 1.165) is 0 Å². The number of nitrogens with two attached hydrogens (primary N) is 2. The summed E-state index contributed by atoms with van der Waals surface area (Å²) in [6.07, 6.45) is 2.28. The first-order valence-corrected chi connectivity index (χ1v) is 12.2. The first-order valence-electron chi connectivity index (χ1n) is 10.2. The molecule has 0 bridgehead atoms. The number of carbonyl (C=O) groups excluding carboxylic acids is 4. The van der Waals surface area contributed by atoms with Gasteiger partial charge in [0.15, 0.2) is 0 Å². The highest BCUT2D eigenvalue weighted by atomic mass is 32.2. The van der Waals surface area contributed by atoms with E-state index in [9.17, 15) is 29.1 Å². The number of primary amides is 1. The van der Waals surface area contributed by atoms with Crippen LogP contribution in [0.15, 0.2) is 0 Å². The lowest BCUT2D eigenvalue weighted by atomic mass is 10.0. The van der Waals surface area contributed by atoms with Crippen LogP contribution in [0.5, 0.6) is 0 Å². The van der Waals surface area contributed by atoms with Gasteiger partial charge < -0.3 is 32.5 Å². The summed E-state index contributed by atoms with van der Waals surface area (Å²) in [6.45, 7) is 3.71.